The zero-order chi connectivity index (χ0) is 15.5. The van der Waals surface area contributed by atoms with E-state index in [4.69, 9.17) is 0 Å². The van der Waals surface area contributed by atoms with Gasteiger partial charge in [0.25, 0.3) is 5.91 Å². The van der Waals surface area contributed by atoms with E-state index in [1.807, 2.05) is 30.3 Å². The van der Waals surface area contributed by atoms with Gasteiger partial charge in [0, 0.05) is 24.0 Å². The molecule has 2 rings (SSSR count). The van der Waals surface area contributed by atoms with E-state index < -0.39 is 10.0 Å². The number of anilines is 2. The topological polar surface area (TPSA) is 66.5 Å². The molecule has 110 valence electrons. The first-order chi connectivity index (χ1) is 9.87. The second-order valence-electron chi connectivity index (χ2n) is 4.65. The number of carbonyl (C=O) groups is 1. The highest BCUT2D eigenvalue weighted by Gasteiger charge is 2.13. The molecule has 0 saturated heterocycles. The van der Waals surface area contributed by atoms with E-state index in [1.54, 1.807) is 36.2 Å². The van der Waals surface area contributed by atoms with Gasteiger partial charge in [0.2, 0.25) is 10.0 Å². The normalized spacial score (nSPS) is 11.0. The Morgan fingerprint density at radius 1 is 1.00 bits per heavy atom. The number of para-hydroxylation sites is 1. The molecule has 0 unspecified atom stereocenters. The van der Waals surface area contributed by atoms with Crippen LogP contribution in [-0.2, 0) is 10.0 Å². The van der Waals surface area contributed by atoms with Crippen molar-refractivity contribution < 1.29 is 13.2 Å². The molecule has 0 aromatic heterocycles. The molecule has 0 aliphatic rings. The summed E-state index contributed by atoms with van der Waals surface area (Å²) in [7, 11) is -1.62. The molecule has 21 heavy (non-hydrogen) atoms. The van der Waals surface area contributed by atoms with Gasteiger partial charge in [-0.1, -0.05) is 18.2 Å². The minimum absolute atomic E-state index is 0.160. The Morgan fingerprint density at radius 3 is 2.10 bits per heavy atom. The Hall–Kier alpha value is -2.34. The monoisotopic (exact) mass is 304 g/mol. The van der Waals surface area contributed by atoms with Crippen molar-refractivity contribution in [3.8, 4) is 0 Å². The highest BCUT2D eigenvalue weighted by molar-refractivity contribution is 7.92. The first kappa shape index (κ1) is 15.1. The van der Waals surface area contributed by atoms with Gasteiger partial charge >= 0.3 is 0 Å². The van der Waals surface area contributed by atoms with Crippen LogP contribution < -0.4 is 9.62 Å². The number of nitrogens with zero attached hydrogens (tertiary/aromatic N) is 1. The van der Waals surface area contributed by atoms with Crippen molar-refractivity contribution in [2.24, 2.45) is 0 Å². The lowest BCUT2D eigenvalue weighted by molar-refractivity contribution is 0.0993. The fourth-order valence-corrected chi connectivity index (χ4v) is 2.42. The number of nitrogens with one attached hydrogen (secondary N) is 1. The summed E-state index contributed by atoms with van der Waals surface area (Å²) in [5.74, 6) is -0.160. The van der Waals surface area contributed by atoms with Crippen molar-refractivity contribution in [3.63, 3.8) is 0 Å². The average Bonchev–Trinajstić information content (AvgIpc) is 2.46. The number of hydrogen-bond donors (Lipinski definition) is 1. The van der Waals surface area contributed by atoms with Gasteiger partial charge in [-0.15, -0.1) is 0 Å². The Balaban J connectivity index is 2.17. The van der Waals surface area contributed by atoms with Crippen molar-refractivity contribution in [1.29, 1.82) is 0 Å². The second kappa shape index (κ2) is 5.97. The van der Waals surface area contributed by atoms with Crippen molar-refractivity contribution in [2.75, 3.05) is 22.9 Å². The van der Waals surface area contributed by atoms with Crippen LogP contribution in [-0.4, -0.2) is 27.6 Å². The van der Waals surface area contributed by atoms with Crippen LogP contribution in [0.4, 0.5) is 11.4 Å². The maximum absolute atomic E-state index is 12.3. The second-order valence-corrected chi connectivity index (χ2v) is 6.40. The van der Waals surface area contributed by atoms with Gasteiger partial charge in [-0.3, -0.25) is 9.52 Å². The van der Waals surface area contributed by atoms with E-state index >= 15 is 0 Å². The molecule has 1 amide bonds. The molecule has 5 nitrogen and oxygen atoms in total. The minimum Gasteiger partial charge on any atom is -0.311 e. The SMILES string of the molecule is CN(C(=O)c1ccc(NS(C)(=O)=O)cc1)c1ccccc1. The Bertz CT molecular complexity index is 725. The zero-order valence-electron chi connectivity index (χ0n) is 11.8. The summed E-state index contributed by atoms with van der Waals surface area (Å²) in [6, 6.07) is 15.6. The van der Waals surface area contributed by atoms with Crippen molar-refractivity contribution in [1.82, 2.24) is 0 Å². The molecule has 0 bridgehead atoms. The molecule has 2 aromatic rings. The molecule has 1 N–H and O–H groups in total. The lowest BCUT2D eigenvalue weighted by Crippen LogP contribution is -2.26. The fourth-order valence-electron chi connectivity index (χ4n) is 1.86. The van der Waals surface area contributed by atoms with Crippen LogP contribution in [0.25, 0.3) is 0 Å². The molecule has 0 radical (unpaired) electrons. The maximum atomic E-state index is 12.3. The maximum Gasteiger partial charge on any atom is 0.258 e. The molecule has 0 saturated carbocycles. The Morgan fingerprint density at radius 2 is 1.57 bits per heavy atom. The highest BCUT2D eigenvalue weighted by atomic mass is 32.2. The molecule has 0 atom stereocenters. The number of carbonyl (C=O) groups excluding carboxylic acids is 1. The van der Waals surface area contributed by atoms with Crippen LogP contribution in [0.1, 0.15) is 10.4 Å². The summed E-state index contributed by atoms with van der Waals surface area (Å²) >= 11 is 0. The minimum atomic E-state index is -3.31. The Labute approximate surface area is 124 Å². The number of rotatable bonds is 4. The van der Waals surface area contributed by atoms with Crippen molar-refractivity contribution in [2.45, 2.75) is 0 Å². The van der Waals surface area contributed by atoms with Gasteiger partial charge in [-0.2, -0.15) is 0 Å². The van der Waals surface area contributed by atoms with Gasteiger partial charge in [0.1, 0.15) is 0 Å². The van der Waals surface area contributed by atoms with Crippen LogP contribution in [0, 0.1) is 0 Å². The van der Waals surface area contributed by atoms with Crippen molar-refractivity contribution in [3.05, 3.63) is 60.2 Å². The number of benzene rings is 2. The average molecular weight is 304 g/mol. The molecule has 0 aliphatic carbocycles. The Kier molecular flexibility index (Phi) is 4.28. The molecule has 0 spiro atoms. The van der Waals surface area contributed by atoms with E-state index in [1.165, 1.54) is 0 Å². The summed E-state index contributed by atoms with van der Waals surface area (Å²) in [6.45, 7) is 0. The predicted molar refractivity (Wildman–Crippen MR) is 84.1 cm³/mol. The third kappa shape index (κ3) is 4.06. The zero-order valence-corrected chi connectivity index (χ0v) is 12.6. The third-order valence-electron chi connectivity index (χ3n) is 2.88. The molecule has 0 heterocycles. The molecule has 6 heteroatoms. The smallest absolute Gasteiger partial charge is 0.258 e. The summed E-state index contributed by atoms with van der Waals surface area (Å²) in [6.07, 6.45) is 1.08. The lowest BCUT2D eigenvalue weighted by Gasteiger charge is -2.17. The third-order valence-corrected chi connectivity index (χ3v) is 3.49. The van der Waals surface area contributed by atoms with Gasteiger partial charge in [-0.05, 0) is 36.4 Å². The van der Waals surface area contributed by atoms with E-state index in [2.05, 4.69) is 4.72 Å². The summed E-state index contributed by atoms with van der Waals surface area (Å²) < 4.78 is 24.6. The van der Waals surface area contributed by atoms with Crippen LogP contribution in [0.2, 0.25) is 0 Å². The predicted octanol–water partition coefficient (Wildman–Crippen LogP) is 2.33. The van der Waals surface area contributed by atoms with E-state index in [9.17, 15) is 13.2 Å². The summed E-state index contributed by atoms with van der Waals surface area (Å²) in [5, 5.41) is 0. The molecule has 0 fully saturated rings. The van der Waals surface area contributed by atoms with E-state index in [0.29, 0.717) is 11.3 Å². The molecule has 0 aliphatic heterocycles. The van der Waals surface area contributed by atoms with Gasteiger partial charge in [0.05, 0.1) is 6.26 Å². The highest BCUT2D eigenvalue weighted by Crippen LogP contribution is 2.16. The van der Waals surface area contributed by atoms with Crippen LogP contribution >= 0.6 is 0 Å². The number of amides is 1. The first-order valence-electron chi connectivity index (χ1n) is 6.28. The molecule has 2 aromatic carbocycles. The fraction of sp³-hybridized carbons (Fsp3) is 0.133. The molecular formula is C15H16N2O3S. The van der Waals surface area contributed by atoms with Crippen LogP contribution in [0.5, 0.6) is 0 Å². The van der Waals surface area contributed by atoms with Gasteiger partial charge in [0.15, 0.2) is 0 Å². The molecular weight excluding hydrogens is 288 g/mol. The first-order valence-corrected chi connectivity index (χ1v) is 8.17. The van der Waals surface area contributed by atoms with E-state index in [0.717, 1.165) is 11.9 Å². The largest absolute Gasteiger partial charge is 0.311 e. The standard InChI is InChI=1S/C15H16N2O3S/c1-17(14-6-4-3-5-7-14)15(18)12-8-10-13(11-9-12)16-21(2,19)20/h3-11,16H,1-2H3. The summed E-state index contributed by atoms with van der Waals surface area (Å²) in [5.41, 5.74) is 1.71. The summed E-state index contributed by atoms with van der Waals surface area (Å²) in [4.78, 5) is 13.9. The van der Waals surface area contributed by atoms with Crippen LogP contribution in [0.3, 0.4) is 0 Å². The lowest BCUT2D eigenvalue weighted by atomic mass is 10.1. The van der Waals surface area contributed by atoms with Gasteiger partial charge in [-0.25, -0.2) is 8.42 Å². The quantitative estimate of drug-likeness (QED) is 0.942. The van der Waals surface area contributed by atoms with E-state index in [-0.39, 0.29) is 5.91 Å². The van der Waals surface area contributed by atoms with Gasteiger partial charge < -0.3 is 4.90 Å². The van der Waals surface area contributed by atoms with Crippen molar-refractivity contribution >= 4 is 27.3 Å². The number of sulfonamides is 1. The van der Waals surface area contributed by atoms with Crippen LogP contribution in [0.15, 0.2) is 54.6 Å². The number of hydrogen-bond acceptors (Lipinski definition) is 3.